The lowest BCUT2D eigenvalue weighted by Crippen LogP contribution is -2.41. The second kappa shape index (κ2) is 6.65. The predicted octanol–water partition coefficient (Wildman–Crippen LogP) is 4.01. The van der Waals surface area contributed by atoms with Crippen molar-refractivity contribution in [3.63, 3.8) is 0 Å². The topological polar surface area (TPSA) is 54.6 Å². The minimum Gasteiger partial charge on any atom is -0.486 e. The first-order valence-corrected chi connectivity index (χ1v) is 9.17. The molecule has 1 aliphatic rings. The molecule has 2 aromatic carbocycles. The Balaban J connectivity index is 1.52. The summed E-state index contributed by atoms with van der Waals surface area (Å²) in [6, 6.07) is 11.7. The van der Waals surface area contributed by atoms with Gasteiger partial charge in [0.25, 0.3) is 5.91 Å². The molecule has 0 aliphatic carbocycles. The molecule has 1 aliphatic heterocycles. The van der Waals surface area contributed by atoms with Gasteiger partial charge < -0.3 is 19.4 Å². The van der Waals surface area contributed by atoms with Gasteiger partial charge in [0, 0.05) is 18.0 Å². The Hall–Kier alpha value is -2.95. The van der Waals surface area contributed by atoms with E-state index in [9.17, 15) is 4.79 Å². The number of amides is 1. The standard InChI is InChI=1S/C22H24N2O3/c1-13-9-14(2)17-10-18(23-21(17)15(13)3)22(25)24(4)11-16-12-26-19-7-5-6-8-20(19)27-16/h5-10,16,23H,11-12H2,1-4H3/t16-/m1/s1. The molecule has 0 spiro atoms. The van der Waals surface area contributed by atoms with Crippen LogP contribution in [0.25, 0.3) is 10.9 Å². The van der Waals surface area contributed by atoms with Gasteiger partial charge in [-0.25, -0.2) is 0 Å². The number of carbonyl (C=O) groups excluding carboxylic acids is 1. The molecule has 0 fully saturated rings. The summed E-state index contributed by atoms with van der Waals surface area (Å²) >= 11 is 0. The molecule has 0 saturated heterocycles. The third kappa shape index (κ3) is 3.14. The third-order valence-corrected chi connectivity index (χ3v) is 5.26. The van der Waals surface area contributed by atoms with Crippen LogP contribution in [0.5, 0.6) is 11.5 Å². The van der Waals surface area contributed by atoms with E-state index < -0.39 is 0 Å². The summed E-state index contributed by atoms with van der Waals surface area (Å²) in [4.78, 5) is 17.9. The molecule has 27 heavy (non-hydrogen) atoms. The van der Waals surface area contributed by atoms with E-state index in [1.54, 1.807) is 11.9 Å². The van der Waals surface area contributed by atoms with Gasteiger partial charge in [-0.05, 0) is 55.7 Å². The van der Waals surface area contributed by atoms with Gasteiger partial charge in [0.2, 0.25) is 0 Å². The highest BCUT2D eigenvalue weighted by Crippen LogP contribution is 2.31. The number of fused-ring (bicyclic) bond motifs is 2. The molecule has 0 saturated carbocycles. The van der Waals surface area contributed by atoms with Crippen molar-refractivity contribution < 1.29 is 14.3 Å². The molecular formula is C22H24N2O3. The van der Waals surface area contributed by atoms with Crippen LogP contribution in [0.3, 0.4) is 0 Å². The molecule has 3 aromatic rings. The van der Waals surface area contributed by atoms with Gasteiger partial charge in [0.15, 0.2) is 17.6 Å². The molecule has 1 atom stereocenters. The summed E-state index contributed by atoms with van der Waals surface area (Å²) in [5.41, 5.74) is 5.21. The molecular weight excluding hydrogens is 340 g/mol. The van der Waals surface area contributed by atoms with Crippen LogP contribution in [0, 0.1) is 20.8 Å². The Morgan fingerprint density at radius 3 is 2.67 bits per heavy atom. The predicted molar refractivity (Wildman–Crippen MR) is 106 cm³/mol. The fraction of sp³-hybridized carbons (Fsp3) is 0.318. The Morgan fingerprint density at radius 2 is 1.89 bits per heavy atom. The molecule has 0 unspecified atom stereocenters. The van der Waals surface area contributed by atoms with Crippen molar-refractivity contribution in [1.82, 2.24) is 9.88 Å². The van der Waals surface area contributed by atoms with Gasteiger partial charge in [-0.15, -0.1) is 0 Å². The van der Waals surface area contributed by atoms with Crippen molar-refractivity contribution >= 4 is 16.8 Å². The highest BCUT2D eigenvalue weighted by atomic mass is 16.6. The summed E-state index contributed by atoms with van der Waals surface area (Å²) in [6.45, 7) is 7.13. The average Bonchev–Trinajstić information content (AvgIpc) is 3.11. The van der Waals surface area contributed by atoms with Crippen LogP contribution in [0.15, 0.2) is 36.4 Å². The summed E-state index contributed by atoms with van der Waals surface area (Å²) < 4.78 is 11.7. The van der Waals surface area contributed by atoms with E-state index in [1.165, 1.54) is 16.7 Å². The van der Waals surface area contributed by atoms with Crippen molar-refractivity contribution in [2.24, 2.45) is 0 Å². The zero-order chi connectivity index (χ0) is 19.1. The van der Waals surface area contributed by atoms with Crippen LogP contribution in [0.2, 0.25) is 0 Å². The number of hydrogen-bond donors (Lipinski definition) is 1. The van der Waals surface area contributed by atoms with Gasteiger partial charge in [0.1, 0.15) is 12.3 Å². The van der Waals surface area contributed by atoms with Crippen molar-refractivity contribution in [3.8, 4) is 11.5 Å². The number of para-hydroxylation sites is 2. The molecule has 5 heteroatoms. The maximum atomic E-state index is 12.9. The lowest BCUT2D eigenvalue weighted by Gasteiger charge is -2.29. The lowest BCUT2D eigenvalue weighted by molar-refractivity contribution is 0.0518. The largest absolute Gasteiger partial charge is 0.486 e. The van der Waals surface area contributed by atoms with Gasteiger partial charge in [-0.3, -0.25) is 4.79 Å². The monoisotopic (exact) mass is 364 g/mol. The minimum absolute atomic E-state index is 0.0508. The maximum Gasteiger partial charge on any atom is 0.270 e. The van der Waals surface area contributed by atoms with Crippen LogP contribution in [-0.4, -0.2) is 42.1 Å². The van der Waals surface area contributed by atoms with Crippen molar-refractivity contribution in [2.75, 3.05) is 20.2 Å². The number of aromatic amines is 1. The smallest absolute Gasteiger partial charge is 0.270 e. The molecule has 0 radical (unpaired) electrons. The quantitative estimate of drug-likeness (QED) is 0.764. The molecule has 140 valence electrons. The number of likely N-dealkylation sites (N-methyl/N-ethyl adjacent to an activating group) is 1. The Labute approximate surface area is 158 Å². The van der Waals surface area contributed by atoms with E-state index in [0.717, 1.165) is 22.4 Å². The third-order valence-electron chi connectivity index (χ3n) is 5.26. The van der Waals surface area contributed by atoms with Gasteiger partial charge >= 0.3 is 0 Å². The molecule has 0 bridgehead atoms. The minimum atomic E-state index is -0.191. The first kappa shape index (κ1) is 17.5. The number of benzene rings is 2. The maximum absolute atomic E-state index is 12.9. The number of aryl methyl sites for hydroxylation is 3. The van der Waals surface area contributed by atoms with E-state index in [-0.39, 0.29) is 12.0 Å². The summed E-state index contributed by atoms with van der Waals surface area (Å²) in [6.07, 6.45) is -0.191. The zero-order valence-electron chi connectivity index (χ0n) is 16.1. The number of nitrogens with one attached hydrogen (secondary N) is 1. The Morgan fingerprint density at radius 1 is 1.15 bits per heavy atom. The molecule has 2 heterocycles. The van der Waals surface area contributed by atoms with E-state index in [2.05, 4.69) is 31.8 Å². The Bertz CT molecular complexity index is 1020. The molecule has 1 aromatic heterocycles. The van der Waals surface area contributed by atoms with E-state index in [0.29, 0.717) is 18.8 Å². The summed E-state index contributed by atoms with van der Waals surface area (Å²) in [5.74, 6) is 1.42. The van der Waals surface area contributed by atoms with Gasteiger partial charge in [-0.2, -0.15) is 0 Å². The summed E-state index contributed by atoms with van der Waals surface area (Å²) in [7, 11) is 1.79. The van der Waals surface area contributed by atoms with Crippen LogP contribution < -0.4 is 9.47 Å². The van der Waals surface area contributed by atoms with Crippen LogP contribution in [-0.2, 0) is 0 Å². The number of hydrogen-bond acceptors (Lipinski definition) is 3. The molecule has 1 amide bonds. The Kier molecular flexibility index (Phi) is 4.30. The second-order valence-electron chi connectivity index (χ2n) is 7.29. The fourth-order valence-electron chi connectivity index (χ4n) is 3.63. The van der Waals surface area contributed by atoms with Crippen LogP contribution in [0.4, 0.5) is 0 Å². The normalized spacial score (nSPS) is 15.8. The fourth-order valence-corrected chi connectivity index (χ4v) is 3.63. The number of nitrogens with zero attached hydrogens (tertiary/aromatic N) is 1. The SMILES string of the molecule is Cc1cc(C)c2cc(C(=O)N(C)C[C@@H]3COc4ccccc4O3)[nH]c2c1C. The second-order valence-corrected chi connectivity index (χ2v) is 7.29. The van der Waals surface area contributed by atoms with Gasteiger partial charge in [0.05, 0.1) is 6.54 Å². The number of carbonyl (C=O) groups is 1. The zero-order valence-corrected chi connectivity index (χ0v) is 16.1. The van der Waals surface area contributed by atoms with Crippen molar-refractivity contribution in [3.05, 3.63) is 58.8 Å². The van der Waals surface area contributed by atoms with Crippen molar-refractivity contribution in [2.45, 2.75) is 26.9 Å². The van der Waals surface area contributed by atoms with Crippen LogP contribution >= 0.6 is 0 Å². The lowest BCUT2D eigenvalue weighted by atomic mass is 10.0. The molecule has 5 nitrogen and oxygen atoms in total. The van der Waals surface area contributed by atoms with E-state index in [1.807, 2.05) is 30.3 Å². The summed E-state index contributed by atoms with van der Waals surface area (Å²) in [5, 5.41) is 1.10. The van der Waals surface area contributed by atoms with E-state index in [4.69, 9.17) is 9.47 Å². The van der Waals surface area contributed by atoms with Gasteiger partial charge in [-0.1, -0.05) is 18.2 Å². The highest BCUT2D eigenvalue weighted by molar-refractivity contribution is 5.99. The number of ether oxygens (including phenoxy) is 2. The van der Waals surface area contributed by atoms with Crippen LogP contribution in [0.1, 0.15) is 27.2 Å². The van der Waals surface area contributed by atoms with E-state index >= 15 is 0 Å². The number of H-pyrrole nitrogens is 1. The van der Waals surface area contributed by atoms with Crippen molar-refractivity contribution in [1.29, 1.82) is 0 Å². The first-order chi connectivity index (χ1) is 12.9. The number of rotatable bonds is 3. The number of aromatic nitrogens is 1. The highest BCUT2D eigenvalue weighted by Gasteiger charge is 2.25. The first-order valence-electron chi connectivity index (χ1n) is 9.17. The molecule has 4 rings (SSSR count). The average molecular weight is 364 g/mol. The molecule has 1 N–H and O–H groups in total.